The predicted octanol–water partition coefficient (Wildman–Crippen LogP) is 3.30. The molecule has 1 aromatic heterocycles. The molecular formula is C18H31N3O. The Balaban J connectivity index is 1.60. The molecule has 4 atom stereocenters. The zero-order valence-corrected chi connectivity index (χ0v) is 14.5. The lowest BCUT2D eigenvalue weighted by atomic mass is 9.77. The molecule has 1 aliphatic carbocycles. The molecule has 4 heteroatoms. The van der Waals surface area contributed by atoms with E-state index in [-0.39, 0.29) is 6.10 Å². The average molecular weight is 305 g/mol. The van der Waals surface area contributed by atoms with Crippen LogP contribution in [0.15, 0.2) is 12.3 Å². The van der Waals surface area contributed by atoms with Crippen LogP contribution in [0.2, 0.25) is 0 Å². The van der Waals surface area contributed by atoms with Gasteiger partial charge in [-0.3, -0.25) is 4.68 Å². The first-order valence-electron chi connectivity index (χ1n) is 8.79. The van der Waals surface area contributed by atoms with E-state index in [2.05, 4.69) is 37.3 Å². The van der Waals surface area contributed by atoms with E-state index in [1.165, 1.54) is 25.0 Å². The van der Waals surface area contributed by atoms with E-state index in [1.807, 2.05) is 17.9 Å². The van der Waals surface area contributed by atoms with Crippen molar-refractivity contribution >= 4 is 0 Å². The van der Waals surface area contributed by atoms with E-state index in [0.717, 1.165) is 25.5 Å². The van der Waals surface area contributed by atoms with Crippen molar-refractivity contribution in [2.75, 3.05) is 13.2 Å². The third-order valence-electron chi connectivity index (χ3n) is 5.64. The molecule has 22 heavy (non-hydrogen) atoms. The van der Waals surface area contributed by atoms with Crippen LogP contribution in [-0.2, 0) is 11.8 Å². The normalized spacial score (nSPS) is 32.7. The topological polar surface area (TPSA) is 39.1 Å². The Morgan fingerprint density at radius 2 is 2.14 bits per heavy atom. The Labute approximate surface area is 134 Å². The van der Waals surface area contributed by atoms with Crippen LogP contribution in [0, 0.1) is 17.3 Å². The third-order valence-corrected chi connectivity index (χ3v) is 5.64. The first-order chi connectivity index (χ1) is 10.5. The minimum Gasteiger partial charge on any atom is -0.372 e. The molecule has 2 heterocycles. The number of hydrogen-bond donors (Lipinski definition) is 1. The van der Waals surface area contributed by atoms with E-state index in [1.54, 1.807) is 0 Å². The fourth-order valence-electron chi connectivity index (χ4n) is 4.38. The lowest BCUT2D eigenvalue weighted by Gasteiger charge is -2.33. The van der Waals surface area contributed by atoms with Crippen molar-refractivity contribution in [2.24, 2.45) is 24.3 Å². The maximum absolute atomic E-state index is 6.00. The molecule has 124 valence electrons. The van der Waals surface area contributed by atoms with Gasteiger partial charge in [0, 0.05) is 38.4 Å². The molecule has 1 N–H and O–H groups in total. The maximum atomic E-state index is 6.00. The maximum Gasteiger partial charge on any atom is 0.103 e. The zero-order chi connectivity index (χ0) is 15.7. The number of hydrogen-bond acceptors (Lipinski definition) is 3. The highest BCUT2D eigenvalue weighted by atomic mass is 16.5. The summed E-state index contributed by atoms with van der Waals surface area (Å²) in [6.07, 6.45) is 7.28. The van der Waals surface area contributed by atoms with Gasteiger partial charge in [0.25, 0.3) is 0 Å². The van der Waals surface area contributed by atoms with Gasteiger partial charge in [0.15, 0.2) is 0 Å². The molecule has 1 saturated carbocycles. The van der Waals surface area contributed by atoms with Gasteiger partial charge in [-0.15, -0.1) is 0 Å². The molecule has 0 spiro atoms. The van der Waals surface area contributed by atoms with Gasteiger partial charge in [0.05, 0.1) is 5.69 Å². The van der Waals surface area contributed by atoms with Gasteiger partial charge >= 0.3 is 0 Å². The summed E-state index contributed by atoms with van der Waals surface area (Å²) in [4.78, 5) is 0. The number of ether oxygens (including phenoxy) is 1. The summed E-state index contributed by atoms with van der Waals surface area (Å²) in [6.45, 7) is 9.08. The number of nitrogens with one attached hydrogen (secondary N) is 1. The smallest absolute Gasteiger partial charge is 0.103 e. The molecule has 2 fully saturated rings. The number of aromatic nitrogens is 2. The van der Waals surface area contributed by atoms with Crippen LogP contribution in [-0.4, -0.2) is 29.0 Å². The second kappa shape index (κ2) is 6.32. The molecular weight excluding hydrogens is 274 g/mol. The lowest BCUT2D eigenvalue weighted by Crippen LogP contribution is -2.41. The molecule has 1 saturated heterocycles. The predicted molar refractivity (Wildman–Crippen MR) is 88.6 cm³/mol. The van der Waals surface area contributed by atoms with E-state index < -0.39 is 0 Å². The molecule has 1 aromatic rings. The van der Waals surface area contributed by atoms with Crippen molar-refractivity contribution in [2.45, 2.75) is 58.6 Å². The summed E-state index contributed by atoms with van der Waals surface area (Å²) < 4.78 is 7.95. The Kier molecular flexibility index (Phi) is 4.60. The Morgan fingerprint density at radius 1 is 1.32 bits per heavy atom. The highest BCUT2D eigenvalue weighted by molar-refractivity contribution is 5.08. The molecule has 2 aliphatic rings. The second-order valence-electron chi connectivity index (χ2n) is 8.14. The summed E-state index contributed by atoms with van der Waals surface area (Å²) >= 11 is 0. The van der Waals surface area contributed by atoms with Crippen LogP contribution < -0.4 is 5.32 Å². The summed E-state index contributed by atoms with van der Waals surface area (Å²) in [5.41, 5.74) is 1.62. The van der Waals surface area contributed by atoms with Gasteiger partial charge < -0.3 is 10.1 Å². The summed E-state index contributed by atoms with van der Waals surface area (Å²) in [5.74, 6) is 1.36. The van der Waals surface area contributed by atoms with Gasteiger partial charge in [-0.2, -0.15) is 5.10 Å². The third kappa shape index (κ3) is 3.23. The van der Waals surface area contributed by atoms with Crippen molar-refractivity contribution < 1.29 is 4.74 Å². The van der Waals surface area contributed by atoms with Gasteiger partial charge in [-0.1, -0.05) is 27.2 Å². The Bertz CT molecular complexity index is 491. The summed E-state index contributed by atoms with van der Waals surface area (Å²) in [5, 5.41) is 8.18. The van der Waals surface area contributed by atoms with Gasteiger partial charge in [-0.05, 0) is 36.7 Å². The van der Waals surface area contributed by atoms with Crippen LogP contribution in [0.4, 0.5) is 0 Å². The van der Waals surface area contributed by atoms with Crippen molar-refractivity contribution in [1.29, 1.82) is 0 Å². The fourth-order valence-corrected chi connectivity index (χ4v) is 4.38. The average Bonchev–Trinajstić information content (AvgIpc) is 3.14. The summed E-state index contributed by atoms with van der Waals surface area (Å²) in [6, 6.07) is 2.77. The van der Waals surface area contributed by atoms with Gasteiger partial charge in [-0.25, -0.2) is 0 Å². The van der Waals surface area contributed by atoms with E-state index in [4.69, 9.17) is 4.74 Å². The van der Waals surface area contributed by atoms with Crippen molar-refractivity contribution in [3.63, 3.8) is 0 Å². The fraction of sp³-hybridized carbons (Fsp3) is 0.833. The SMILES string of the molecule is Cn1nccc1[C@@H]1OCC[C@H]1CNC1CCCC1C(C)(C)C. The molecule has 4 nitrogen and oxygen atoms in total. The minimum absolute atomic E-state index is 0.203. The quantitative estimate of drug-likeness (QED) is 0.927. The molecule has 0 amide bonds. The molecule has 0 aromatic carbocycles. The largest absolute Gasteiger partial charge is 0.372 e. The number of rotatable bonds is 4. The first kappa shape index (κ1) is 16.0. The highest BCUT2D eigenvalue weighted by Gasteiger charge is 2.37. The zero-order valence-electron chi connectivity index (χ0n) is 14.5. The van der Waals surface area contributed by atoms with Crippen LogP contribution in [0.3, 0.4) is 0 Å². The Morgan fingerprint density at radius 3 is 2.82 bits per heavy atom. The van der Waals surface area contributed by atoms with E-state index in [0.29, 0.717) is 17.4 Å². The number of aryl methyl sites for hydroxylation is 1. The van der Waals surface area contributed by atoms with Crippen molar-refractivity contribution in [1.82, 2.24) is 15.1 Å². The Hall–Kier alpha value is -0.870. The highest BCUT2D eigenvalue weighted by Crippen LogP contribution is 2.40. The van der Waals surface area contributed by atoms with Gasteiger partial charge in [0.1, 0.15) is 6.10 Å². The lowest BCUT2D eigenvalue weighted by molar-refractivity contribution is 0.0817. The standard InChI is InChI=1S/C18H31N3O/c1-18(2,3)14-6-5-7-15(14)19-12-13-9-11-22-17(13)16-8-10-20-21(16)4/h8,10,13-15,17,19H,5-7,9,11-12H2,1-4H3/t13-,14?,15?,17+/m0/s1. The van der Waals surface area contributed by atoms with E-state index in [9.17, 15) is 0 Å². The molecule has 2 unspecified atom stereocenters. The van der Waals surface area contributed by atoms with Crippen LogP contribution >= 0.6 is 0 Å². The summed E-state index contributed by atoms with van der Waals surface area (Å²) in [7, 11) is 2.01. The molecule has 3 rings (SSSR count). The number of nitrogens with zero attached hydrogens (tertiary/aromatic N) is 2. The van der Waals surface area contributed by atoms with Crippen molar-refractivity contribution in [3.05, 3.63) is 18.0 Å². The van der Waals surface area contributed by atoms with Gasteiger partial charge in [0.2, 0.25) is 0 Å². The van der Waals surface area contributed by atoms with Crippen LogP contribution in [0.1, 0.15) is 58.3 Å². The minimum atomic E-state index is 0.203. The first-order valence-corrected chi connectivity index (χ1v) is 8.79. The molecule has 1 aliphatic heterocycles. The van der Waals surface area contributed by atoms with E-state index >= 15 is 0 Å². The second-order valence-corrected chi connectivity index (χ2v) is 8.14. The van der Waals surface area contributed by atoms with Crippen LogP contribution in [0.5, 0.6) is 0 Å². The van der Waals surface area contributed by atoms with Crippen LogP contribution in [0.25, 0.3) is 0 Å². The molecule has 0 bridgehead atoms. The van der Waals surface area contributed by atoms with Crippen molar-refractivity contribution in [3.8, 4) is 0 Å². The molecule has 0 radical (unpaired) electrons. The monoisotopic (exact) mass is 305 g/mol.